The van der Waals surface area contributed by atoms with Crippen molar-refractivity contribution in [2.45, 2.75) is 25.9 Å². The second kappa shape index (κ2) is 3.62. The number of anilines is 1. The van der Waals surface area contributed by atoms with Gasteiger partial charge in [0.25, 0.3) is 5.56 Å². The van der Waals surface area contributed by atoms with Crippen molar-refractivity contribution in [2.24, 2.45) is 14.1 Å². The molecule has 2 aromatic heterocycles. The summed E-state index contributed by atoms with van der Waals surface area (Å²) in [4.78, 5) is 28.5. The van der Waals surface area contributed by atoms with E-state index >= 15 is 0 Å². The van der Waals surface area contributed by atoms with Crippen LogP contribution in [0.1, 0.15) is 13.8 Å². The highest BCUT2D eigenvalue weighted by Crippen LogP contribution is 2.19. The van der Waals surface area contributed by atoms with Gasteiger partial charge in [-0.1, -0.05) is 0 Å². The van der Waals surface area contributed by atoms with Crippen LogP contribution in [0.4, 0.5) is 5.95 Å². The van der Waals surface area contributed by atoms with Crippen LogP contribution in [0.15, 0.2) is 9.59 Å². The second-order valence-electron chi connectivity index (χ2n) is 5.00. The Morgan fingerprint density at radius 1 is 1.11 bits per heavy atom. The molecule has 0 aliphatic carbocycles. The van der Waals surface area contributed by atoms with Gasteiger partial charge in [0.05, 0.1) is 6.04 Å². The van der Waals surface area contributed by atoms with E-state index in [4.69, 9.17) is 0 Å². The van der Waals surface area contributed by atoms with Crippen LogP contribution in [0.25, 0.3) is 11.2 Å². The summed E-state index contributed by atoms with van der Waals surface area (Å²) in [6.45, 7) is 4.04. The molecule has 0 saturated heterocycles. The zero-order chi connectivity index (χ0) is 13.9. The monoisotopic (exact) mass is 264 g/mol. The van der Waals surface area contributed by atoms with Crippen LogP contribution < -0.4 is 22.0 Å². The molecule has 3 rings (SSSR count). The Balaban J connectivity index is 2.44. The Morgan fingerprint density at radius 3 is 2.47 bits per heavy atom. The maximum Gasteiger partial charge on any atom is 0.332 e. The first-order chi connectivity index (χ1) is 8.91. The van der Waals surface area contributed by atoms with Gasteiger partial charge in [-0.3, -0.25) is 13.9 Å². The van der Waals surface area contributed by atoms with Crippen molar-refractivity contribution in [1.82, 2.24) is 18.8 Å². The normalized spacial score (nSPS) is 21.9. The number of imidazole rings is 1. The molecule has 2 aromatic rings. The van der Waals surface area contributed by atoms with Gasteiger partial charge in [0.15, 0.2) is 11.2 Å². The molecule has 102 valence electrons. The summed E-state index contributed by atoms with van der Waals surface area (Å²) in [5, 5.41) is 3.22. The van der Waals surface area contributed by atoms with Crippen molar-refractivity contribution >= 4 is 17.1 Å². The average molecular weight is 264 g/mol. The average Bonchev–Trinajstić information content (AvgIpc) is 2.73. The SMILES string of the molecule is CC1Nc2nc3c(c(=O)n(C)c(=O)n3C)n2NC1C. The standard InChI is InChI=1S/C11H16N6O2/c1-5-6(2)14-17-7-8(13-10(17)12-5)15(3)11(19)16(4)9(7)18/h5-6,14H,1-4H3,(H,12,13). The molecule has 0 aromatic carbocycles. The highest BCUT2D eigenvalue weighted by atomic mass is 16.2. The first-order valence-corrected chi connectivity index (χ1v) is 6.13. The summed E-state index contributed by atoms with van der Waals surface area (Å²) < 4.78 is 4.09. The minimum Gasteiger partial charge on any atom is -0.350 e. The quantitative estimate of drug-likeness (QED) is 0.649. The van der Waals surface area contributed by atoms with Gasteiger partial charge in [0.1, 0.15) is 0 Å². The first-order valence-electron chi connectivity index (χ1n) is 6.13. The summed E-state index contributed by atoms with van der Waals surface area (Å²) in [5.41, 5.74) is 3.24. The van der Waals surface area contributed by atoms with E-state index in [1.165, 1.54) is 11.6 Å². The molecule has 3 heterocycles. The van der Waals surface area contributed by atoms with Crippen LogP contribution >= 0.6 is 0 Å². The lowest BCUT2D eigenvalue weighted by molar-refractivity contribution is 0.577. The minimum absolute atomic E-state index is 0.145. The Labute approximate surface area is 108 Å². The molecule has 0 bridgehead atoms. The number of nitrogens with one attached hydrogen (secondary N) is 2. The van der Waals surface area contributed by atoms with Gasteiger partial charge in [-0.05, 0) is 13.8 Å². The Bertz CT molecular complexity index is 783. The molecule has 2 atom stereocenters. The zero-order valence-electron chi connectivity index (χ0n) is 11.3. The largest absolute Gasteiger partial charge is 0.350 e. The Hall–Kier alpha value is -2.25. The van der Waals surface area contributed by atoms with Gasteiger partial charge in [-0.15, -0.1) is 0 Å². The molecule has 0 amide bonds. The molecule has 0 spiro atoms. The fraction of sp³-hybridized carbons (Fsp3) is 0.545. The van der Waals surface area contributed by atoms with E-state index in [1.807, 2.05) is 13.8 Å². The molecular weight excluding hydrogens is 248 g/mol. The highest BCUT2D eigenvalue weighted by molar-refractivity contribution is 5.75. The van der Waals surface area contributed by atoms with Gasteiger partial charge in [-0.2, -0.15) is 4.98 Å². The van der Waals surface area contributed by atoms with Crippen molar-refractivity contribution in [3.05, 3.63) is 20.8 Å². The molecule has 0 saturated carbocycles. The number of nitrogens with zero attached hydrogens (tertiary/aromatic N) is 4. The summed E-state index contributed by atoms with van der Waals surface area (Å²) in [6, 6.07) is 0.331. The van der Waals surface area contributed by atoms with Crippen molar-refractivity contribution in [2.75, 3.05) is 10.7 Å². The van der Waals surface area contributed by atoms with Gasteiger partial charge in [0.2, 0.25) is 5.95 Å². The number of aryl methyl sites for hydroxylation is 1. The van der Waals surface area contributed by atoms with Gasteiger partial charge < -0.3 is 10.7 Å². The van der Waals surface area contributed by atoms with Crippen LogP contribution in [0.2, 0.25) is 0 Å². The van der Waals surface area contributed by atoms with Crippen LogP contribution in [-0.4, -0.2) is 30.9 Å². The molecule has 0 radical (unpaired) electrons. The Kier molecular flexibility index (Phi) is 2.25. The van der Waals surface area contributed by atoms with Crippen molar-refractivity contribution in [1.29, 1.82) is 0 Å². The third-order valence-electron chi connectivity index (χ3n) is 3.70. The fourth-order valence-corrected chi connectivity index (χ4v) is 2.26. The predicted octanol–water partition coefficient (Wildman–Crippen LogP) is -0.820. The molecule has 1 aliphatic rings. The minimum atomic E-state index is -0.381. The Morgan fingerprint density at radius 2 is 1.79 bits per heavy atom. The molecule has 19 heavy (non-hydrogen) atoms. The molecular formula is C11H16N6O2. The maximum absolute atomic E-state index is 12.2. The number of aromatic nitrogens is 4. The lowest BCUT2D eigenvalue weighted by Crippen LogP contribution is -2.45. The fourth-order valence-electron chi connectivity index (χ4n) is 2.26. The van der Waals surface area contributed by atoms with Crippen LogP contribution in [0.5, 0.6) is 0 Å². The van der Waals surface area contributed by atoms with Crippen molar-refractivity contribution in [3.63, 3.8) is 0 Å². The summed E-state index contributed by atoms with van der Waals surface area (Å²) >= 11 is 0. The van der Waals surface area contributed by atoms with E-state index in [0.717, 1.165) is 4.57 Å². The predicted molar refractivity (Wildman–Crippen MR) is 72.1 cm³/mol. The molecule has 2 N–H and O–H groups in total. The van der Waals surface area contributed by atoms with E-state index in [2.05, 4.69) is 15.7 Å². The smallest absolute Gasteiger partial charge is 0.332 e. The highest BCUT2D eigenvalue weighted by Gasteiger charge is 2.26. The maximum atomic E-state index is 12.2. The van der Waals surface area contributed by atoms with Crippen molar-refractivity contribution in [3.8, 4) is 0 Å². The van der Waals surface area contributed by atoms with E-state index in [9.17, 15) is 9.59 Å². The second-order valence-corrected chi connectivity index (χ2v) is 5.00. The topological polar surface area (TPSA) is 85.9 Å². The summed E-state index contributed by atoms with van der Waals surface area (Å²) in [5.74, 6) is 0.555. The first kappa shape index (κ1) is 11.8. The molecule has 1 aliphatic heterocycles. The van der Waals surface area contributed by atoms with Crippen LogP contribution in [-0.2, 0) is 14.1 Å². The number of hydrogen-bond acceptors (Lipinski definition) is 5. The molecule has 8 nitrogen and oxygen atoms in total. The summed E-state index contributed by atoms with van der Waals surface area (Å²) in [6.07, 6.45) is 0. The van der Waals surface area contributed by atoms with Crippen LogP contribution in [0, 0.1) is 0 Å². The van der Waals surface area contributed by atoms with Gasteiger partial charge in [-0.25, -0.2) is 9.47 Å². The van der Waals surface area contributed by atoms with E-state index < -0.39 is 0 Å². The lowest BCUT2D eigenvalue weighted by atomic mass is 10.2. The van der Waals surface area contributed by atoms with E-state index in [-0.39, 0.29) is 23.3 Å². The third kappa shape index (κ3) is 1.42. The number of fused-ring (bicyclic) bond motifs is 3. The van der Waals surface area contributed by atoms with E-state index in [0.29, 0.717) is 17.1 Å². The molecule has 8 heteroatoms. The zero-order valence-corrected chi connectivity index (χ0v) is 11.3. The molecule has 2 unspecified atom stereocenters. The third-order valence-corrected chi connectivity index (χ3v) is 3.70. The van der Waals surface area contributed by atoms with Gasteiger partial charge in [0, 0.05) is 20.1 Å². The number of rotatable bonds is 0. The molecule has 0 fully saturated rings. The van der Waals surface area contributed by atoms with Gasteiger partial charge >= 0.3 is 5.69 Å². The number of hydrogen-bond donors (Lipinski definition) is 2. The van der Waals surface area contributed by atoms with E-state index in [1.54, 1.807) is 11.7 Å². The lowest BCUT2D eigenvalue weighted by Gasteiger charge is -2.30. The van der Waals surface area contributed by atoms with Crippen LogP contribution in [0.3, 0.4) is 0 Å². The van der Waals surface area contributed by atoms with Crippen molar-refractivity contribution < 1.29 is 0 Å². The summed E-state index contributed by atoms with van der Waals surface area (Å²) in [7, 11) is 3.07.